The maximum Gasteiger partial charge on any atom is 0.0295 e. The van der Waals surface area contributed by atoms with E-state index in [9.17, 15) is 0 Å². The van der Waals surface area contributed by atoms with Crippen molar-refractivity contribution in [3.63, 3.8) is 0 Å². The maximum absolute atomic E-state index is 3.70. The van der Waals surface area contributed by atoms with E-state index in [2.05, 4.69) is 54.8 Å². The molecule has 0 aliphatic carbocycles. The van der Waals surface area contributed by atoms with Crippen molar-refractivity contribution in [3.8, 4) is 0 Å². The van der Waals surface area contributed by atoms with E-state index in [1.807, 2.05) is 11.3 Å². The quantitative estimate of drug-likeness (QED) is 0.861. The minimum atomic E-state index is 0.649. The van der Waals surface area contributed by atoms with Gasteiger partial charge >= 0.3 is 0 Å². The normalized spacial score (nSPS) is 22.0. The Kier molecular flexibility index (Phi) is 6.42. The SMILES string of the molecule is CCNC(Cc1ccc(CC)s1)C1CSCCS1. The topological polar surface area (TPSA) is 12.0 Å². The summed E-state index contributed by atoms with van der Waals surface area (Å²) in [5, 5.41) is 4.49. The lowest BCUT2D eigenvalue weighted by molar-refractivity contribution is 0.525. The molecular weight excluding hydrogens is 278 g/mol. The van der Waals surface area contributed by atoms with Gasteiger partial charge in [-0.15, -0.1) is 11.3 Å². The second kappa shape index (κ2) is 7.83. The summed E-state index contributed by atoms with van der Waals surface area (Å²) in [6.45, 7) is 5.54. The van der Waals surface area contributed by atoms with Crippen LogP contribution in [-0.2, 0) is 12.8 Å². The molecule has 2 atom stereocenters. The highest BCUT2D eigenvalue weighted by molar-refractivity contribution is 8.06. The molecule has 18 heavy (non-hydrogen) atoms. The van der Waals surface area contributed by atoms with E-state index < -0.39 is 0 Å². The third-order valence-corrected chi connectivity index (χ3v) is 7.42. The molecule has 2 unspecified atom stereocenters. The smallest absolute Gasteiger partial charge is 0.0295 e. The van der Waals surface area contributed by atoms with Crippen molar-refractivity contribution in [2.24, 2.45) is 0 Å². The van der Waals surface area contributed by atoms with Crippen LogP contribution < -0.4 is 5.32 Å². The van der Waals surface area contributed by atoms with Crippen LogP contribution in [0, 0.1) is 0 Å². The Morgan fingerprint density at radius 2 is 2.11 bits per heavy atom. The summed E-state index contributed by atoms with van der Waals surface area (Å²) in [6.07, 6.45) is 2.38. The molecule has 1 N–H and O–H groups in total. The highest BCUT2D eigenvalue weighted by atomic mass is 32.2. The molecule has 1 aromatic heterocycles. The molecule has 0 saturated carbocycles. The van der Waals surface area contributed by atoms with Crippen LogP contribution in [0.25, 0.3) is 0 Å². The first-order valence-corrected chi connectivity index (χ1v) is 9.85. The Hall–Kier alpha value is 0.360. The van der Waals surface area contributed by atoms with Gasteiger partial charge in [-0.25, -0.2) is 0 Å². The van der Waals surface area contributed by atoms with Crippen molar-refractivity contribution in [1.82, 2.24) is 5.32 Å². The Morgan fingerprint density at radius 1 is 1.28 bits per heavy atom. The molecular formula is C14H23NS3. The second-order valence-electron chi connectivity index (χ2n) is 4.57. The fourth-order valence-corrected chi connectivity index (χ4v) is 6.18. The monoisotopic (exact) mass is 301 g/mol. The Balaban J connectivity index is 1.95. The second-order valence-corrected chi connectivity index (χ2v) is 8.32. The first-order valence-electron chi connectivity index (χ1n) is 6.83. The number of thioether (sulfide) groups is 2. The summed E-state index contributed by atoms with van der Waals surface area (Å²) < 4.78 is 0. The van der Waals surface area contributed by atoms with Gasteiger partial charge in [-0.2, -0.15) is 23.5 Å². The van der Waals surface area contributed by atoms with E-state index in [-0.39, 0.29) is 0 Å². The zero-order valence-corrected chi connectivity index (χ0v) is 13.7. The van der Waals surface area contributed by atoms with Crippen molar-refractivity contribution < 1.29 is 0 Å². The number of hydrogen-bond donors (Lipinski definition) is 1. The number of rotatable bonds is 6. The molecule has 1 aliphatic heterocycles. The van der Waals surface area contributed by atoms with E-state index >= 15 is 0 Å². The van der Waals surface area contributed by atoms with Gasteiger partial charge in [0.05, 0.1) is 0 Å². The third-order valence-electron chi connectivity index (χ3n) is 3.24. The number of likely N-dealkylation sites (N-methyl/N-ethyl adjacent to an activating group) is 1. The van der Waals surface area contributed by atoms with Crippen molar-refractivity contribution in [2.45, 2.75) is 38.0 Å². The molecule has 0 aromatic carbocycles. The lowest BCUT2D eigenvalue weighted by atomic mass is 10.1. The van der Waals surface area contributed by atoms with Gasteiger partial charge in [0.15, 0.2) is 0 Å². The van der Waals surface area contributed by atoms with Gasteiger partial charge in [0.2, 0.25) is 0 Å². The fraction of sp³-hybridized carbons (Fsp3) is 0.714. The molecule has 2 heterocycles. The van der Waals surface area contributed by atoms with Crippen molar-refractivity contribution in [1.29, 1.82) is 0 Å². The lowest BCUT2D eigenvalue weighted by Gasteiger charge is -2.29. The Bertz CT molecular complexity index is 345. The summed E-state index contributed by atoms with van der Waals surface area (Å²) in [7, 11) is 0. The highest BCUT2D eigenvalue weighted by Gasteiger charge is 2.24. The van der Waals surface area contributed by atoms with Crippen LogP contribution in [-0.4, -0.2) is 35.1 Å². The molecule has 2 rings (SSSR count). The molecule has 1 fully saturated rings. The van der Waals surface area contributed by atoms with E-state index in [1.165, 1.54) is 35.0 Å². The van der Waals surface area contributed by atoms with Crippen LogP contribution in [0.3, 0.4) is 0 Å². The van der Waals surface area contributed by atoms with Gasteiger partial charge < -0.3 is 5.32 Å². The first-order chi connectivity index (χ1) is 8.83. The van der Waals surface area contributed by atoms with Gasteiger partial charge in [-0.3, -0.25) is 0 Å². The third kappa shape index (κ3) is 4.19. The van der Waals surface area contributed by atoms with Gasteiger partial charge in [0.1, 0.15) is 0 Å². The molecule has 102 valence electrons. The molecule has 1 nitrogen and oxygen atoms in total. The lowest BCUT2D eigenvalue weighted by Crippen LogP contribution is -2.42. The summed E-state index contributed by atoms with van der Waals surface area (Å²) >= 11 is 6.28. The van der Waals surface area contributed by atoms with Crippen LogP contribution in [0.5, 0.6) is 0 Å². The van der Waals surface area contributed by atoms with E-state index in [4.69, 9.17) is 0 Å². The minimum Gasteiger partial charge on any atom is -0.313 e. The minimum absolute atomic E-state index is 0.649. The highest BCUT2D eigenvalue weighted by Crippen LogP contribution is 2.29. The maximum atomic E-state index is 3.70. The van der Waals surface area contributed by atoms with Gasteiger partial charge in [-0.05, 0) is 31.5 Å². The van der Waals surface area contributed by atoms with Crippen molar-refractivity contribution in [3.05, 3.63) is 21.9 Å². The van der Waals surface area contributed by atoms with E-state index in [1.54, 1.807) is 4.88 Å². The number of thiophene rings is 1. The zero-order chi connectivity index (χ0) is 12.8. The summed E-state index contributed by atoms with van der Waals surface area (Å²) in [5.41, 5.74) is 0. The van der Waals surface area contributed by atoms with Crippen LogP contribution in [0.1, 0.15) is 23.6 Å². The zero-order valence-electron chi connectivity index (χ0n) is 11.3. The number of nitrogens with one attached hydrogen (secondary N) is 1. The predicted octanol–water partition coefficient (Wildman–Crippen LogP) is 3.68. The van der Waals surface area contributed by atoms with E-state index in [0.29, 0.717) is 6.04 Å². The van der Waals surface area contributed by atoms with Crippen LogP contribution in [0.2, 0.25) is 0 Å². The van der Waals surface area contributed by atoms with Crippen molar-refractivity contribution >= 4 is 34.9 Å². The number of hydrogen-bond acceptors (Lipinski definition) is 4. The Morgan fingerprint density at radius 3 is 2.72 bits per heavy atom. The number of aryl methyl sites for hydroxylation is 1. The molecule has 1 aromatic rings. The first kappa shape index (κ1) is 14.8. The molecule has 1 saturated heterocycles. The van der Waals surface area contributed by atoms with Gasteiger partial charge in [-0.1, -0.05) is 13.8 Å². The Labute approximate surface area is 124 Å². The molecule has 0 spiro atoms. The van der Waals surface area contributed by atoms with E-state index in [0.717, 1.165) is 11.8 Å². The van der Waals surface area contributed by atoms with Crippen LogP contribution >= 0.6 is 34.9 Å². The predicted molar refractivity (Wildman–Crippen MR) is 88.4 cm³/mol. The average molecular weight is 302 g/mol. The molecule has 0 radical (unpaired) electrons. The summed E-state index contributed by atoms with van der Waals surface area (Å²) in [6, 6.07) is 5.27. The molecule has 1 aliphatic rings. The average Bonchev–Trinajstić information content (AvgIpc) is 2.87. The summed E-state index contributed by atoms with van der Waals surface area (Å²) in [4.78, 5) is 3.07. The summed E-state index contributed by atoms with van der Waals surface area (Å²) in [5.74, 6) is 3.97. The largest absolute Gasteiger partial charge is 0.313 e. The standard InChI is InChI=1S/C14H23NS3/c1-3-11-5-6-12(18-11)9-13(15-4-2)14-10-16-7-8-17-14/h5-6,13-15H,3-4,7-10H2,1-2H3. The van der Waals surface area contributed by atoms with Gasteiger partial charge in [0.25, 0.3) is 0 Å². The molecule has 4 heteroatoms. The van der Waals surface area contributed by atoms with Gasteiger partial charge in [0, 0.05) is 38.3 Å². The van der Waals surface area contributed by atoms with Crippen LogP contribution in [0.15, 0.2) is 12.1 Å². The molecule has 0 amide bonds. The molecule has 0 bridgehead atoms. The van der Waals surface area contributed by atoms with Crippen molar-refractivity contribution in [2.75, 3.05) is 23.8 Å². The van der Waals surface area contributed by atoms with Crippen LogP contribution in [0.4, 0.5) is 0 Å². The fourth-order valence-electron chi connectivity index (χ4n) is 2.27.